The molecule has 0 unspecified atom stereocenters. The second-order valence-electron chi connectivity index (χ2n) is 0. The van der Waals surface area contributed by atoms with Gasteiger partial charge in [0.25, 0.3) is 0 Å². The van der Waals surface area contributed by atoms with Crippen LogP contribution in [0.1, 0.15) is 0 Å². The molecule has 1 radical (unpaired) electrons. The van der Waals surface area contributed by atoms with Crippen molar-refractivity contribution >= 4 is 0 Å². The third-order valence-electron chi connectivity index (χ3n) is 0. The van der Waals surface area contributed by atoms with Crippen molar-refractivity contribution in [1.82, 2.24) is 0 Å². The van der Waals surface area contributed by atoms with E-state index in [1.54, 1.807) is 0 Å². The Labute approximate surface area is 55.8 Å². The van der Waals surface area contributed by atoms with Gasteiger partial charge in [-0.2, -0.15) is 0 Å². The van der Waals surface area contributed by atoms with E-state index in [9.17, 15) is 0 Å². The monoisotopic (exact) mass is 105 g/mol. The van der Waals surface area contributed by atoms with E-state index in [0.717, 1.165) is 0 Å². The van der Waals surface area contributed by atoms with Crippen molar-refractivity contribution in [1.29, 1.82) is 0 Å². The average molecular weight is 105 g/mol. The van der Waals surface area contributed by atoms with E-state index in [1.165, 1.54) is 0 Å². The molecular formula is C4H12Sc-4. The molecule has 0 aliphatic heterocycles. The van der Waals surface area contributed by atoms with Crippen molar-refractivity contribution in [3.8, 4) is 0 Å². The fourth-order valence-electron chi connectivity index (χ4n) is 0. The van der Waals surface area contributed by atoms with Crippen molar-refractivity contribution in [2.75, 3.05) is 0 Å². The smallest absolute Gasteiger partial charge is 0 e. The number of hydrogen-bond donors (Lipinski definition) is 0. The summed E-state index contributed by atoms with van der Waals surface area (Å²) in [4.78, 5) is 0. The van der Waals surface area contributed by atoms with Crippen LogP contribution in [0.3, 0.4) is 0 Å². The van der Waals surface area contributed by atoms with Crippen LogP contribution in [0, 0.1) is 29.7 Å². The van der Waals surface area contributed by atoms with Crippen LogP contribution in [0.25, 0.3) is 0 Å². The molecule has 0 fully saturated rings. The van der Waals surface area contributed by atoms with E-state index in [1.807, 2.05) is 0 Å². The topological polar surface area (TPSA) is 0 Å². The molecule has 0 aliphatic rings. The van der Waals surface area contributed by atoms with Gasteiger partial charge in [-0.1, -0.05) is 0 Å². The van der Waals surface area contributed by atoms with Crippen LogP contribution >= 0.6 is 0 Å². The van der Waals surface area contributed by atoms with E-state index in [0.29, 0.717) is 0 Å². The Morgan fingerprint density at radius 2 is 0.400 bits per heavy atom. The fourth-order valence-corrected chi connectivity index (χ4v) is 0. The van der Waals surface area contributed by atoms with Crippen molar-refractivity contribution in [3.63, 3.8) is 0 Å². The molecule has 35 valence electrons. The molecule has 0 aromatic heterocycles. The molecule has 0 nitrogen and oxygen atoms in total. The Kier molecular flexibility index (Phi) is 3540. The van der Waals surface area contributed by atoms with Gasteiger partial charge >= 0.3 is 0 Å². The van der Waals surface area contributed by atoms with Gasteiger partial charge in [0.2, 0.25) is 0 Å². The zero-order valence-electron chi connectivity index (χ0n) is 4.58. The standard InChI is InChI=1S/4CH3.Sc/h4*1H3;/q4*-1;. The van der Waals surface area contributed by atoms with Gasteiger partial charge in [-0.3, -0.25) is 0 Å². The summed E-state index contributed by atoms with van der Waals surface area (Å²) >= 11 is 0. The zero-order valence-corrected chi connectivity index (χ0v) is 6.38. The molecule has 0 saturated carbocycles. The largest absolute Gasteiger partial charge is 0.358 e. The summed E-state index contributed by atoms with van der Waals surface area (Å²) in [6.07, 6.45) is 0. The second-order valence-corrected chi connectivity index (χ2v) is 0. The Morgan fingerprint density at radius 1 is 0.400 bits per heavy atom. The molecule has 0 spiro atoms. The van der Waals surface area contributed by atoms with E-state index in [4.69, 9.17) is 0 Å². The van der Waals surface area contributed by atoms with Gasteiger partial charge in [0.05, 0.1) is 0 Å². The Hall–Kier alpha value is 0.870. The van der Waals surface area contributed by atoms with Crippen LogP contribution in [0.2, 0.25) is 0 Å². The molecule has 0 amide bonds. The summed E-state index contributed by atoms with van der Waals surface area (Å²) in [5.41, 5.74) is 0. The SMILES string of the molecule is [CH3-].[CH3-].[CH3-].[CH3-].[Sc]. The molecule has 0 atom stereocenters. The third-order valence-corrected chi connectivity index (χ3v) is 0. The van der Waals surface area contributed by atoms with Gasteiger partial charge in [-0.25, -0.2) is 0 Å². The molecule has 1 heteroatoms. The van der Waals surface area contributed by atoms with Crippen LogP contribution in [0.15, 0.2) is 0 Å². The first-order valence-electron chi connectivity index (χ1n) is 0. The Bertz CT molecular complexity index is 3.61. The minimum Gasteiger partial charge on any atom is -0.358 e. The van der Waals surface area contributed by atoms with E-state index in [2.05, 4.69) is 0 Å². The van der Waals surface area contributed by atoms with Crippen LogP contribution in [0.5, 0.6) is 0 Å². The molecule has 0 aromatic carbocycles. The summed E-state index contributed by atoms with van der Waals surface area (Å²) in [6, 6.07) is 0. The van der Waals surface area contributed by atoms with Crippen LogP contribution in [-0.2, 0) is 25.8 Å². The predicted octanol–water partition coefficient (Wildman–Crippen LogP) is 1.80. The average Bonchev–Trinajstić information content (AvgIpc) is 0. The van der Waals surface area contributed by atoms with Crippen molar-refractivity contribution in [3.05, 3.63) is 29.7 Å². The summed E-state index contributed by atoms with van der Waals surface area (Å²) < 4.78 is 0. The maximum absolute atomic E-state index is 0. The Morgan fingerprint density at radius 3 is 0.400 bits per heavy atom. The van der Waals surface area contributed by atoms with Crippen LogP contribution in [-0.4, -0.2) is 0 Å². The molecule has 0 saturated heterocycles. The molecule has 0 bridgehead atoms. The maximum Gasteiger partial charge on any atom is 0 e. The van der Waals surface area contributed by atoms with E-state index >= 15 is 0 Å². The first-order valence-corrected chi connectivity index (χ1v) is 0. The van der Waals surface area contributed by atoms with Crippen LogP contribution in [0.4, 0.5) is 0 Å². The van der Waals surface area contributed by atoms with Gasteiger partial charge in [0.1, 0.15) is 0 Å². The normalized spacial score (nSPS) is 0. The van der Waals surface area contributed by atoms with Gasteiger partial charge < -0.3 is 29.7 Å². The van der Waals surface area contributed by atoms with Crippen LogP contribution < -0.4 is 0 Å². The number of hydrogen-bond acceptors (Lipinski definition) is 0. The first kappa shape index (κ1) is 184. The van der Waals surface area contributed by atoms with E-state index < -0.39 is 0 Å². The maximum atomic E-state index is 0. The quantitative estimate of drug-likeness (QED) is 0.412. The second kappa shape index (κ2) is 96.3. The van der Waals surface area contributed by atoms with Crippen molar-refractivity contribution in [2.24, 2.45) is 0 Å². The summed E-state index contributed by atoms with van der Waals surface area (Å²) in [7, 11) is 0. The molecule has 0 aromatic rings. The minimum atomic E-state index is 0. The van der Waals surface area contributed by atoms with Gasteiger partial charge in [-0.05, 0) is 0 Å². The summed E-state index contributed by atoms with van der Waals surface area (Å²) in [6.45, 7) is 0. The third kappa shape index (κ3) is 53.0. The van der Waals surface area contributed by atoms with Gasteiger partial charge in [0.15, 0.2) is 0 Å². The van der Waals surface area contributed by atoms with Crippen molar-refractivity contribution in [2.45, 2.75) is 0 Å². The first-order chi connectivity index (χ1) is 0. The molecule has 5 heavy (non-hydrogen) atoms. The Balaban J connectivity index is 0. The van der Waals surface area contributed by atoms with Gasteiger partial charge in [0, 0.05) is 25.8 Å². The van der Waals surface area contributed by atoms with E-state index in [-0.39, 0.29) is 55.5 Å². The zero-order chi connectivity index (χ0) is 0. The van der Waals surface area contributed by atoms with Gasteiger partial charge in [-0.15, -0.1) is 0 Å². The predicted molar refractivity (Wildman–Crippen MR) is 25.7 cm³/mol. The molecule has 0 heterocycles. The minimum absolute atomic E-state index is 0. The van der Waals surface area contributed by atoms with Crippen molar-refractivity contribution < 1.29 is 25.8 Å². The molecule has 0 aliphatic carbocycles. The molecule has 0 N–H and O–H groups in total. The summed E-state index contributed by atoms with van der Waals surface area (Å²) in [5, 5.41) is 0. The molecular weight excluding hydrogens is 93.0 g/mol. The fraction of sp³-hybridized carbons (Fsp3) is 0. The summed E-state index contributed by atoms with van der Waals surface area (Å²) in [5.74, 6) is 0. The molecule has 0 rings (SSSR count). The number of rotatable bonds is 0.